The van der Waals surface area contributed by atoms with Crippen molar-refractivity contribution in [3.05, 3.63) is 107 Å². The Bertz CT molecular complexity index is 2120. The summed E-state index contributed by atoms with van der Waals surface area (Å²) in [5.74, 6) is -0.674. The molecular formula is C37H38N6O8S. The van der Waals surface area contributed by atoms with E-state index in [0.29, 0.717) is 36.7 Å². The van der Waals surface area contributed by atoms with Crippen LogP contribution in [0.5, 0.6) is 11.5 Å². The lowest BCUT2D eigenvalue weighted by atomic mass is 9.93. The normalized spacial score (nSPS) is 16.3. The van der Waals surface area contributed by atoms with Crippen LogP contribution in [0, 0.1) is 0 Å². The van der Waals surface area contributed by atoms with Gasteiger partial charge in [-0.1, -0.05) is 43.3 Å². The molecule has 3 N–H and O–H groups in total. The summed E-state index contributed by atoms with van der Waals surface area (Å²) in [6.45, 7) is 3.11. The van der Waals surface area contributed by atoms with Crippen molar-refractivity contribution in [3.8, 4) is 11.5 Å². The van der Waals surface area contributed by atoms with Crippen LogP contribution in [-0.4, -0.2) is 72.4 Å². The highest BCUT2D eigenvalue weighted by atomic mass is 32.2. The molecule has 2 unspecified atom stereocenters. The number of carbonyl (C=O) groups is 4. The Morgan fingerprint density at radius 3 is 2.60 bits per heavy atom. The predicted molar refractivity (Wildman–Crippen MR) is 192 cm³/mol. The fourth-order valence-corrected chi connectivity index (χ4v) is 6.67. The van der Waals surface area contributed by atoms with Gasteiger partial charge in [0.25, 0.3) is 11.8 Å². The molecule has 0 radical (unpaired) electrons. The van der Waals surface area contributed by atoms with E-state index in [1.165, 1.54) is 6.20 Å². The third kappa shape index (κ3) is 8.54. The Kier molecular flexibility index (Phi) is 10.8. The van der Waals surface area contributed by atoms with Gasteiger partial charge in [0, 0.05) is 24.8 Å². The SMILES string of the molecule is CC(Cc1cccc(OCCCNc2cccc3c2C(=O)N(C2CCC(=O)NC2=O)C3=O)c1)c1ccccc1OCc1ccnc(NS(C)(=O)=O)n1. The van der Waals surface area contributed by atoms with Crippen LogP contribution >= 0.6 is 0 Å². The molecule has 2 aliphatic heterocycles. The minimum Gasteiger partial charge on any atom is -0.494 e. The van der Waals surface area contributed by atoms with Crippen molar-refractivity contribution >= 4 is 45.3 Å². The number of carbonyl (C=O) groups excluding carboxylic acids is 4. The molecular weight excluding hydrogens is 689 g/mol. The van der Waals surface area contributed by atoms with E-state index >= 15 is 0 Å². The zero-order valence-corrected chi connectivity index (χ0v) is 29.4. The summed E-state index contributed by atoms with van der Waals surface area (Å²) in [7, 11) is -3.51. The maximum absolute atomic E-state index is 13.3. The lowest BCUT2D eigenvalue weighted by molar-refractivity contribution is -0.136. The summed E-state index contributed by atoms with van der Waals surface area (Å²) in [6, 6.07) is 21.2. The highest BCUT2D eigenvalue weighted by molar-refractivity contribution is 7.92. The lowest BCUT2D eigenvalue weighted by Gasteiger charge is -2.27. The number of fused-ring (bicyclic) bond motifs is 1. The van der Waals surface area contributed by atoms with Gasteiger partial charge < -0.3 is 14.8 Å². The van der Waals surface area contributed by atoms with Gasteiger partial charge in [-0.2, -0.15) is 0 Å². The number of para-hydroxylation sites is 1. The molecule has 15 heteroatoms. The van der Waals surface area contributed by atoms with Crippen LogP contribution in [0.2, 0.25) is 0 Å². The van der Waals surface area contributed by atoms with Crippen molar-refractivity contribution in [3.63, 3.8) is 0 Å². The van der Waals surface area contributed by atoms with E-state index in [2.05, 4.69) is 32.2 Å². The van der Waals surface area contributed by atoms with Crippen LogP contribution in [0.25, 0.3) is 0 Å². The number of benzene rings is 3. The van der Waals surface area contributed by atoms with Crippen molar-refractivity contribution in [2.24, 2.45) is 0 Å². The number of amides is 4. The van der Waals surface area contributed by atoms with Gasteiger partial charge in [-0.25, -0.2) is 18.4 Å². The minimum absolute atomic E-state index is 0.0164. The number of ether oxygens (including phenoxy) is 2. The molecule has 1 saturated heterocycles. The number of nitrogens with one attached hydrogen (secondary N) is 3. The molecule has 0 aliphatic carbocycles. The van der Waals surface area contributed by atoms with Gasteiger partial charge in [-0.15, -0.1) is 0 Å². The number of hydrogen-bond acceptors (Lipinski definition) is 11. The Balaban J connectivity index is 1.00. The van der Waals surface area contributed by atoms with Crippen molar-refractivity contribution in [1.82, 2.24) is 20.2 Å². The fourth-order valence-electron chi connectivity index (χ4n) is 6.24. The van der Waals surface area contributed by atoms with Gasteiger partial charge in [0.05, 0.1) is 29.7 Å². The van der Waals surface area contributed by atoms with Crippen LogP contribution in [0.1, 0.15) is 69.6 Å². The molecule has 1 aromatic heterocycles. The Labute approximate surface area is 301 Å². The fraction of sp³-hybridized carbons (Fsp3) is 0.297. The van der Waals surface area contributed by atoms with E-state index in [-0.39, 0.29) is 42.4 Å². The second-order valence-corrected chi connectivity index (χ2v) is 14.4. The van der Waals surface area contributed by atoms with Gasteiger partial charge in [0.1, 0.15) is 24.1 Å². The van der Waals surface area contributed by atoms with Gasteiger partial charge in [-0.05, 0) is 72.7 Å². The van der Waals surface area contributed by atoms with Crippen LogP contribution in [-0.2, 0) is 32.6 Å². The first kappa shape index (κ1) is 36.0. The molecule has 6 rings (SSSR count). The molecule has 0 saturated carbocycles. The first-order chi connectivity index (χ1) is 25.0. The van der Waals surface area contributed by atoms with Crippen molar-refractivity contribution in [2.45, 2.75) is 51.2 Å². The molecule has 1 fully saturated rings. The molecule has 3 aromatic carbocycles. The van der Waals surface area contributed by atoms with Crippen molar-refractivity contribution in [2.75, 3.05) is 29.4 Å². The van der Waals surface area contributed by atoms with E-state index in [0.717, 1.165) is 34.5 Å². The zero-order valence-electron chi connectivity index (χ0n) is 28.6. The Hall–Kier alpha value is -5.83. The second-order valence-electron chi connectivity index (χ2n) is 12.6. The topological polar surface area (TPSA) is 186 Å². The average molecular weight is 727 g/mol. The van der Waals surface area contributed by atoms with E-state index in [1.807, 2.05) is 48.5 Å². The van der Waals surface area contributed by atoms with Crippen LogP contribution in [0.4, 0.5) is 11.6 Å². The number of hydrogen-bond donors (Lipinski definition) is 3. The Morgan fingerprint density at radius 1 is 0.981 bits per heavy atom. The molecule has 52 heavy (non-hydrogen) atoms. The van der Waals surface area contributed by atoms with Gasteiger partial charge >= 0.3 is 0 Å². The molecule has 4 aromatic rings. The van der Waals surface area contributed by atoms with E-state index < -0.39 is 39.7 Å². The first-order valence-electron chi connectivity index (χ1n) is 16.8. The number of rotatable bonds is 15. The summed E-state index contributed by atoms with van der Waals surface area (Å²) in [5, 5.41) is 5.45. The largest absolute Gasteiger partial charge is 0.494 e. The molecule has 0 spiro atoms. The van der Waals surface area contributed by atoms with E-state index in [1.54, 1.807) is 24.3 Å². The average Bonchev–Trinajstić information content (AvgIpc) is 3.36. The maximum atomic E-state index is 13.3. The Morgan fingerprint density at radius 2 is 1.79 bits per heavy atom. The zero-order chi connectivity index (χ0) is 36.8. The number of sulfonamides is 1. The van der Waals surface area contributed by atoms with Crippen molar-refractivity contribution < 1.29 is 37.1 Å². The highest BCUT2D eigenvalue weighted by Gasteiger charge is 2.45. The minimum atomic E-state index is -3.51. The molecule has 4 amide bonds. The maximum Gasteiger partial charge on any atom is 0.264 e. The molecule has 270 valence electrons. The molecule has 0 bridgehead atoms. The second kappa shape index (κ2) is 15.6. The number of nitrogens with zero attached hydrogens (tertiary/aromatic N) is 3. The van der Waals surface area contributed by atoms with Gasteiger partial charge in [0.2, 0.25) is 27.8 Å². The quantitative estimate of drug-likeness (QED) is 0.119. The smallest absolute Gasteiger partial charge is 0.264 e. The first-order valence-corrected chi connectivity index (χ1v) is 18.7. The van der Waals surface area contributed by atoms with Crippen LogP contribution in [0.3, 0.4) is 0 Å². The third-order valence-corrected chi connectivity index (χ3v) is 9.18. The molecule has 2 aliphatic rings. The predicted octanol–water partition coefficient (Wildman–Crippen LogP) is 4.06. The standard InChI is InChI=1S/C37H38N6O8S/c1-23(27-10-3-4-13-31(27)51-22-25-16-18-39-37(40-25)42-52(2,48)49)20-24-8-5-9-26(21-24)50-19-7-17-38-29-12-6-11-28-33(29)36(47)43(35(28)46)30-14-15-32(44)41-34(30)45/h3-6,8-13,16,18,21,23,30,38H,7,14-15,17,19-20,22H2,1-2H3,(H,39,40,42)(H,41,44,45). The monoisotopic (exact) mass is 726 g/mol. The van der Waals surface area contributed by atoms with Crippen LogP contribution in [0.15, 0.2) is 79.0 Å². The highest BCUT2D eigenvalue weighted by Crippen LogP contribution is 2.33. The number of imide groups is 2. The van der Waals surface area contributed by atoms with Crippen molar-refractivity contribution in [1.29, 1.82) is 0 Å². The summed E-state index contributed by atoms with van der Waals surface area (Å²) >= 11 is 0. The lowest BCUT2D eigenvalue weighted by Crippen LogP contribution is -2.54. The number of anilines is 2. The molecule has 14 nitrogen and oxygen atoms in total. The summed E-state index contributed by atoms with van der Waals surface area (Å²) in [6.07, 6.45) is 3.98. The van der Waals surface area contributed by atoms with E-state index in [4.69, 9.17) is 9.47 Å². The summed E-state index contributed by atoms with van der Waals surface area (Å²) in [5.41, 5.74) is 3.55. The summed E-state index contributed by atoms with van der Waals surface area (Å²) in [4.78, 5) is 59.6. The van der Waals surface area contributed by atoms with E-state index in [9.17, 15) is 27.6 Å². The molecule has 2 atom stereocenters. The number of piperidine rings is 1. The number of aromatic nitrogens is 2. The van der Waals surface area contributed by atoms with Gasteiger partial charge in [-0.3, -0.25) is 34.1 Å². The van der Waals surface area contributed by atoms with Crippen LogP contribution < -0.4 is 24.8 Å². The third-order valence-electron chi connectivity index (χ3n) is 8.63. The summed E-state index contributed by atoms with van der Waals surface area (Å²) < 4.78 is 37.5. The molecule has 3 heterocycles. The van der Waals surface area contributed by atoms with Gasteiger partial charge in [0.15, 0.2) is 0 Å².